The van der Waals surface area contributed by atoms with E-state index in [2.05, 4.69) is 4.98 Å². The van der Waals surface area contributed by atoms with Crippen molar-refractivity contribution in [3.8, 4) is 11.4 Å². The van der Waals surface area contributed by atoms with Gasteiger partial charge in [0, 0.05) is 10.7 Å². The van der Waals surface area contributed by atoms with Crippen molar-refractivity contribution in [1.29, 1.82) is 0 Å². The molecule has 1 N–H and O–H groups in total. The van der Waals surface area contributed by atoms with E-state index in [9.17, 15) is 0 Å². The third-order valence-electron chi connectivity index (χ3n) is 3.11. The highest BCUT2D eigenvalue weighted by Gasteiger charge is 2.07. The Morgan fingerprint density at radius 2 is 1.86 bits per heavy atom. The Bertz CT molecular complexity index is 834. The molecule has 2 aromatic carbocycles. The average molecular weight is 319 g/mol. The van der Waals surface area contributed by atoms with Gasteiger partial charge < -0.3 is 9.72 Å². The molecule has 1 aromatic heterocycles. The quantitative estimate of drug-likeness (QED) is 0.678. The van der Waals surface area contributed by atoms with Crippen molar-refractivity contribution >= 4 is 34.9 Å². The van der Waals surface area contributed by atoms with Crippen molar-refractivity contribution in [2.45, 2.75) is 20.0 Å². The van der Waals surface area contributed by atoms with Crippen LogP contribution in [0.2, 0.25) is 5.02 Å². The number of H-pyrrole nitrogens is 1. The molecule has 5 heteroatoms. The van der Waals surface area contributed by atoms with Gasteiger partial charge in [0.1, 0.15) is 5.75 Å². The van der Waals surface area contributed by atoms with Crippen LogP contribution >= 0.6 is 23.8 Å². The normalized spacial score (nSPS) is 11.2. The van der Waals surface area contributed by atoms with E-state index in [0.717, 1.165) is 22.5 Å². The number of hydrogen-bond acceptors (Lipinski definition) is 2. The second kappa shape index (κ2) is 5.54. The summed E-state index contributed by atoms with van der Waals surface area (Å²) in [4.78, 5) is 3.19. The lowest BCUT2D eigenvalue weighted by Gasteiger charge is -2.11. The average Bonchev–Trinajstić information content (AvgIpc) is 2.74. The van der Waals surface area contributed by atoms with Gasteiger partial charge in [-0.15, -0.1) is 0 Å². The molecule has 3 rings (SSSR count). The van der Waals surface area contributed by atoms with E-state index >= 15 is 0 Å². The molecule has 0 spiro atoms. The maximum absolute atomic E-state index is 6.09. The molecule has 0 fully saturated rings. The highest BCUT2D eigenvalue weighted by atomic mass is 35.5. The number of aromatic nitrogens is 2. The largest absolute Gasteiger partial charge is 0.491 e. The van der Waals surface area contributed by atoms with Crippen molar-refractivity contribution in [3.05, 3.63) is 52.3 Å². The number of nitrogens with zero attached hydrogens (tertiary/aromatic N) is 1. The first kappa shape index (κ1) is 14.2. The van der Waals surface area contributed by atoms with Gasteiger partial charge in [0.05, 0.1) is 17.1 Å². The van der Waals surface area contributed by atoms with Gasteiger partial charge in [-0.3, -0.25) is 4.57 Å². The molecule has 3 aromatic rings. The summed E-state index contributed by atoms with van der Waals surface area (Å²) in [7, 11) is 0. The number of fused-ring (bicyclic) bond motifs is 1. The molecule has 0 atom stereocenters. The van der Waals surface area contributed by atoms with E-state index in [1.54, 1.807) is 0 Å². The molecule has 21 heavy (non-hydrogen) atoms. The van der Waals surface area contributed by atoms with E-state index in [0.29, 0.717) is 9.79 Å². The van der Waals surface area contributed by atoms with Crippen molar-refractivity contribution in [2.24, 2.45) is 0 Å². The van der Waals surface area contributed by atoms with Gasteiger partial charge in [-0.25, -0.2) is 0 Å². The van der Waals surface area contributed by atoms with Crippen LogP contribution in [-0.2, 0) is 0 Å². The Kier molecular flexibility index (Phi) is 3.74. The third kappa shape index (κ3) is 2.82. The molecule has 0 aliphatic heterocycles. The summed E-state index contributed by atoms with van der Waals surface area (Å²) in [6.45, 7) is 4.01. The van der Waals surface area contributed by atoms with Crippen LogP contribution < -0.4 is 4.74 Å². The predicted molar refractivity (Wildman–Crippen MR) is 89.2 cm³/mol. The SMILES string of the molecule is CC(C)Oc1ccc(-n2c(=S)[nH]c3ccc(Cl)cc32)cc1. The van der Waals surface area contributed by atoms with Gasteiger partial charge in [0.2, 0.25) is 0 Å². The standard InChI is InChI=1S/C16H15ClN2OS/c1-10(2)20-13-6-4-12(5-7-13)19-15-9-11(17)3-8-14(15)18-16(19)21/h3-10H,1-2H3,(H,18,21). The first-order valence-electron chi connectivity index (χ1n) is 6.72. The summed E-state index contributed by atoms with van der Waals surface area (Å²) in [5.74, 6) is 0.846. The number of nitrogens with one attached hydrogen (secondary N) is 1. The Hall–Kier alpha value is -1.78. The topological polar surface area (TPSA) is 29.9 Å². The fourth-order valence-electron chi connectivity index (χ4n) is 2.28. The fourth-order valence-corrected chi connectivity index (χ4v) is 2.76. The van der Waals surface area contributed by atoms with E-state index < -0.39 is 0 Å². The van der Waals surface area contributed by atoms with E-state index in [1.807, 2.05) is 60.9 Å². The summed E-state index contributed by atoms with van der Waals surface area (Å²) < 4.78 is 8.27. The summed E-state index contributed by atoms with van der Waals surface area (Å²) in [5.41, 5.74) is 2.90. The molecule has 0 aliphatic rings. The maximum atomic E-state index is 6.09. The first-order valence-corrected chi connectivity index (χ1v) is 7.50. The number of halogens is 1. The van der Waals surface area contributed by atoms with Crippen LogP contribution in [0.1, 0.15) is 13.8 Å². The zero-order chi connectivity index (χ0) is 15.0. The van der Waals surface area contributed by atoms with Gasteiger partial charge in [-0.2, -0.15) is 0 Å². The Morgan fingerprint density at radius 1 is 1.14 bits per heavy atom. The van der Waals surface area contributed by atoms with Gasteiger partial charge in [0.15, 0.2) is 4.77 Å². The highest BCUT2D eigenvalue weighted by Crippen LogP contribution is 2.24. The van der Waals surface area contributed by atoms with Crippen LogP contribution in [0, 0.1) is 4.77 Å². The molecular weight excluding hydrogens is 304 g/mol. The maximum Gasteiger partial charge on any atom is 0.182 e. The van der Waals surface area contributed by atoms with E-state index in [-0.39, 0.29) is 6.10 Å². The third-order valence-corrected chi connectivity index (χ3v) is 3.63. The Labute approximate surface area is 133 Å². The highest BCUT2D eigenvalue weighted by molar-refractivity contribution is 7.71. The summed E-state index contributed by atoms with van der Waals surface area (Å²) >= 11 is 11.5. The lowest BCUT2D eigenvalue weighted by Crippen LogP contribution is -2.05. The number of aromatic amines is 1. The molecule has 0 bridgehead atoms. The Balaban J connectivity index is 2.09. The minimum absolute atomic E-state index is 0.157. The lowest BCUT2D eigenvalue weighted by atomic mass is 10.2. The second-order valence-corrected chi connectivity index (χ2v) is 5.91. The number of ether oxygens (including phenoxy) is 1. The van der Waals surface area contributed by atoms with Crippen molar-refractivity contribution < 1.29 is 4.74 Å². The van der Waals surface area contributed by atoms with Crippen LogP contribution in [0.5, 0.6) is 5.75 Å². The van der Waals surface area contributed by atoms with E-state index in [1.165, 1.54) is 0 Å². The number of rotatable bonds is 3. The van der Waals surface area contributed by atoms with Crippen LogP contribution in [0.3, 0.4) is 0 Å². The van der Waals surface area contributed by atoms with Crippen LogP contribution in [0.4, 0.5) is 0 Å². The zero-order valence-corrected chi connectivity index (χ0v) is 13.3. The number of imidazole rings is 1. The van der Waals surface area contributed by atoms with Crippen LogP contribution in [-0.4, -0.2) is 15.7 Å². The molecule has 108 valence electrons. The molecule has 0 amide bonds. The van der Waals surface area contributed by atoms with Gasteiger partial charge >= 0.3 is 0 Å². The number of hydrogen-bond donors (Lipinski definition) is 1. The van der Waals surface area contributed by atoms with Gasteiger partial charge in [-0.1, -0.05) is 11.6 Å². The zero-order valence-electron chi connectivity index (χ0n) is 11.8. The molecular formula is C16H15ClN2OS. The summed E-state index contributed by atoms with van der Waals surface area (Å²) in [6.07, 6.45) is 0.157. The molecule has 0 radical (unpaired) electrons. The lowest BCUT2D eigenvalue weighted by molar-refractivity contribution is 0.242. The van der Waals surface area contributed by atoms with Crippen molar-refractivity contribution in [1.82, 2.24) is 9.55 Å². The van der Waals surface area contributed by atoms with Gasteiger partial charge in [-0.05, 0) is 68.5 Å². The minimum Gasteiger partial charge on any atom is -0.491 e. The molecule has 0 saturated carbocycles. The van der Waals surface area contributed by atoms with Crippen molar-refractivity contribution in [2.75, 3.05) is 0 Å². The first-order chi connectivity index (χ1) is 10.0. The van der Waals surface area contributed by atoms with Crippen LogP contribution in [0.25, 0.3) is 16.7 Å². The summed E-state index contributed by atoms with van der Waals surface area (Å²) in [5, 5.41) is 0.685. The summed E-state index contributed by atoms with van der Waals surface area (Å²) in [6, 6.07) is 13.5. The fraction of sp³-hybridized carbons (Fsp3) is 0.188. The molecule has 0 saturated heterocycles. The molecule has 0 unspecified atom stereocenters. The van der Waals surface area contributed by atoms with Crippen LogP contribution in [0.15, 0.2) is 42.5 Å². The van der Waals surface area contributed by atoms with E-state index in [4.69, 9.17) is 28.6 Å². The second-order valence-electron chi connectivity index (χ2n) is 5.09. The predicted octanol–water partition coefficient (Wildman–Crippen LogP) is 5.13. The monoisotopic (exact) mass is 318 g/mol. The smallest absolute Gasteiger partial charge is 0.182 e. The molecule has 3 nitrogen and oxygen atoms in total. The van der Waals surface area contributed by atoms with Crippen molar-refractivity contribution in [3.63, 3.8) is 0 Å². The molecule has 0 aliphatic carbocycles. The number of benzene rings is 2. The Morgan fingerprint density at radius 3 is 2.52 bits per heavy atom. The molecule has 1 heterocycles. The minimum atomic E-state index is 0.157. The van der Waals surface area contributed by atoms with Gasteiger partial charge in [0.25, 0.3) is 0 Å².